The van der Waals surface area contributed by atoms with Crippen LogP contribution in [0.25, 0.3) is 11.4 Å². The molecule has 0 atom stereocenters. The number of piperidine rings is 1. The molecule has 3 aromatic rings. The van der Waals surface area contributed by atoms with Gasteiger partial charge in [-0.25, -0.2) is 19.2 Å². The molecule has 33 heavy (non-hydrogen) atoms. The van der Waals surface area contributed by atoms with Crippen molar-refractivity contribution in [1.82, 2.24) is 9.97 Å². The van der Waals surface area contributed by atoms with Crippen LogP contribution in [0.4, 0.5) is 10.2 Å². The standard InChI is InChI=1S/C24H22Cl2FN3O3/c1-32-21-17(25)11-10-16(19(21)27)22-28-20(24(31)33-14-15-8-4-2-5-9-15)18(26)23(29-22)30-12-6-3-7-13-30/h2,4-5,8-11H,3,6-7,12-14H2,1H3. The zero-order valence-electron chi connectivity index (χ0n) is 18.0. The molecule has 0 amide bonds. The van der Waals surface area contributed by atoms with E-state index in [-0.39, 0.29) is 39.5 Å². The maximum Gasteiger partial charge on any atom is 0.359 e. The molecule has 0 bridgehead atoms. The van der Waals surface area contributed by atoms with E-state index in [0.29, 0.717) is 5.82 Å². The topological polar surface area (TPSA) is 64.6 Å². The van der Waals surface area contributed by atoms with E-state index in [1.165, 1.54) is 19.2 Å². The molecular weight excluding hydrogens is 468 g/mol. The van der Waals surface area contributed by atoms with Crippen LogP contribution < -0.4 is 9.64 Å². The van der Waals surface area contributed by atoms with Gasteiger partial charge in [0.2, 0.25) is 0 Å². The Morgan fingerprint density at radius 3 is 2.48 bits per heavy atom. The molecule has 4 rings (SSSR count). The lowest BCUT2D eigenvalue weighted by Gasteiger charge is -2.29. The normalized spacial score (nSPS) is 13.6. The summed E-state index contributed by atoms with van der Waals surface area (Å²) in [7, 11) is 1.32. The highest BCUT2D eigenvalue weighted by Gasteiger charge is 2.27. The third-order valence-electron chi connectivity index (χ3n) is 5.39. The molecule has 0 unspecified atom stereocenters. The van der Waals surface area contributed by atoms with E-state index < -0.39 is 11.8 Å². The van der Waals surface area contributed by atoms with Crippen LogP contribution >= 0.6 is 23.2 Å². The summed E-state index contributed by atoms with van der Waals surface area (Å²) in [6.07, 6.45) is 3.03. The number of rotatable bonds is 6. The van der Waals surface area contributed by atoms with Crippen molar-refractivity contribution < 1.29 is 18.7 Å². The van der Waals surface area contributed by atoms with Gasteiger partial charge in [-0.2, -0.15) is 0 Å². The summed E-state index contributed by atoms with van der Waals surface area (Å²) < 4.78 is 25.7. The average molecular weight is 490 g/mol. The second-order valence-electron chi connectivity index (χ2n) is 7.59. The molecule has 6 nitrogen and oxygen atoms in total. The minimum Gasteiger partial charge on any atom is -0.492 e. The summed E-state index contributed by atoms with van der Waals surface area (Å²) >= 11 is 12.6. The van der Waals surface area contributed by atoms with Crippen LogP contribution in [-0.2, 0) is 11.3 Å². The lowest BCUT2D eigenvalue weighted by atomic mass is 10.1. The molecule has 1 saturated heterocycles. The van der Waals surface area contributed by atoms with Gasteiger partial charge in [-0.3, -0.25) is 0 Å². The summed E-state index contributed by atoms with van der Waals surface area (Å²) in [4.78, 5) is 23.8. The van der Waals surface area contributed by atoms with E-state index in [2.05, 4.69) is 9.97 Å². The van der Waals surface area contributed by atoms with Gasteiger partial charge in [0.05, 0.1) is 17.7 Å². The molecule has 2 aromatic carbocycles. The number of nitrogens with zero attached hydrogens (tertiary/aromatic N) is 3. The predicted octanol–water partition coefficient (Wildman–Crippen LogP) is 5.95. The first-order valence-corrected chi connectivity index (χ1v) is 11.3. The fourth-order valence-electron chi connectivity index (χ4n) is 3.69. The molecule has 0 saturated carbocycles. The van der Waals surface area contributed by atoms with Crippen molar-refractivity contribution in [3.63, 3.8) is 0 Å². The smallest absolute Gasteiger partial charge is 0.359 e. The largest absolute Gasteiger partial charge is 0.492 e. The average Bonchev–Trinajstić information content (AvgIpc) is 2.84. The first-order chi connectivity index (χ1) is 16.0. The van der Waals surface area contributed by atoms with Crippen molar-refractivity contribution in [3.8, 4) is 17.1 Å². The fourth-order valence-corrected chi connectivity index (χ4v) is 4.19. The Morgan fingerprint density at radius 1 is 1.06 bits per heavy atom. The Bertz CT molecular complexity index is 1160. The number of benzene rings is 2. The van der Waals surface area contributed by atoms with Crippen molar-refractivity contribution in [2.45, 2.75) is 25.9 Å². The van der Waals surface area contributed by atoms with E-state index in [0.717, 1.165) is 37.9 Å². The van der Waals surface area contributed by atoms with Gasteiger partial charge in [0.25, 0.3) is 0 Å². The van der Waals surface area contributed by atoms with E-state index in [9.17, 15) is 4.79 Å². The van der Waals surface area contributed by atoms with E-state index in [1.54, 1.807) is 0 Å². The number of anilines is 1. The van der Waals surface area contributed by atoms with Crippen LogP contribution in [0.5, 0.6) is 5.75 Å². The monoisotopic (exact) mass is 489 g/mol. The van der Waals surface area contributed by atoms with Gasteiger partial charge in [-0.15, -0.1) is 0 Å². The number of hydrogen-bond donors (Lipinski definition) is 0. The van der Waals surface area contributed by atoms with Crippen molar-refractivity contribution in [1.29, 1.82) is 0 Å². The Labute approximate surface area is 201 Å². The second-order valence-corrected chi connectivity index (χ2v) is 8.37. The molecule has 0 spiro atoms. The highest BCUT2D eigenvalue weighted by Crippen LogP contribution is 2.36. The summed E-state index contributed by atoms with van der Waals surface area (Å²) in [5, 5.41) is 0.200. The molecular formula is C24H22Cl2FN3O3. The first kappa shape index (κ1) is 23.3. The number of carbonyl (C=O) groups excluding carboxylic acids is 1. The van der Waals surface area contributed by atoms with E-state index in [1.807, 2.05) is 35.2 Å². The van der Waals surface area contributed by atoms with Crippen LogP contribution in [-0.4, -0.2) is 36.1 Å². The SMILES string of the molecule is COc1c(Cl)ccc(-c2nc(C(=O)OCc3ccccc3)c(Cl)c(N3CCCCC3)n2)c1F. The minimum atomic E-state index is -0.722. The van der Waals surface area contributed by atoms with Crippen LogP contribution in [0.15, 0.2) is 42.5 Å². The van der Waals surface area contributed by atoms with Gasteiger partial charge in [0.1, 0.15) is 11.6 Å². The summed E-state index contributed by atoms with van der Waals surface area (Å²) in [5.41, 5.74) is 0.746. The zero-order chi connectivity index (χ0) is 23.4. The molecule has 172 valence electrons. The van der Waals surface area contributed by atoms with Gasteiger partial charge in [-0.1, -0.05) is 53.5 Å². The predicted molar refractivity (Wildman–Crippen MR) is 126 cm³/mol. The molecule has 1 aromatic heterocycles. The lowest BCUT2D eigenvalue weighted by Crippen LogP contribution is -2.31. The summed E-state index contributed by atoms with van der Waals surface area (Å²) in [5.74, 6) is -1.19. The number of aromatic nitrogens is 2. The van der Waals surface area contributed by atoms with E-state index >= 15 is 4.39 Å². The molecule has 1 aliphatic heterocycles. The lowest BCUT2D eigenvalue weighted by molar-refractivity contribution is 0.0466. The van der Waals surface area contributed by atoms with Crippen molar-refractivity contribution in [3.05, 3.63) is 69.6 Å². The highest BCUT2D eigenvalue weighted by atomic mass is 35.5. The number of hydrogen-bond acceptors (Lipinski definition) is 6. The number of carbonyl (C=O) groups is 1. The quantitative estimate of drug-likeness (QED) is 0.398. The third-order valence-corrected chi connectivity index (χ3v) is 6.04. The van der Waals surface area contributed by atoms with Crippen LogP contribution in [0.3, 0.4) is 0 Å². The third kappa shape index (κ3) is 5.04. The minimum absolute atomic E-state index is 0.000832. The van der Waals surface area contributed by atoms with Crippen LogP contribution in [0.2, 0.25) is 10.0 Å². The van der Waals surface area contributed by atoms with Crippen molar-refractivity contribution >= 4 is 35.0 Å². The molecule has 0 N–H and O–H groups in total. The fraction of sp³-hybridized carbons (Fsp3) is 0.292. The van der Waals surface area contributed by atoms with Gasteiger partial charge in [0, 0.05) is 13.1 Å². The summed E-state index contributed by atoms with van der Waals surface area (Å²) in [6.45, 7) is 1.50. The van der Waals surface area contributed by atoms with Crippen molar-refractivity contribution in [2.24, 2.45) is 0 Å². The maximum atomic E-state index is 15.1. The molecule has 1 fully saturated rings. The number of methoxy groups -OCH3 is 1. The number of ether oxygens (including phenoxy) is 2. The van der Waals surface area contributed by atoms with Gasteiger partial charge >= 0.3 is 5.97 Å². The van der Waals surface area contributed by atoms with E-state index in [4.69, 9.17) is 32.7 Å². The summed E-state index contributed by atoms with van der Waals surface area (Å²) in [6, 6.07) is 12.2. The molecule has 0 radical (unpaired) electrons. The van der Waals surface area contributed by atoms with Crippen LogP contribution in [0, 0.1) is 5.82 Å². The maximum absolute atomic E-state index is 15.1. The van der Waals surface area contributed by atoms with Crippen molar-refractivity contribution in [2.75, 3.05) is 25.1 Å². The second kappa shape index (κ2) is 10.4. The molecule has 2 heterocycles. The Morgan fingerprint density at radius 2 is 1.79 bits per heavy atom. The Balaban J connectivity index is 1.76. The van der Waals surface area contributed by atoms with Gasteiger partial charge < -0.3 is 14.4 Å². The van der Waals surface area contributed by atoms with Crippen LogP contribution in [0.1, 0.15) is 35.3 Å². The Kier molecular flexibility index (Phi) is 7.30. The van der Waals surface area contributed by atoms with Gasteiger partial charge in [0.15, 0.2) is 28.9 Å². The molecule has 9 heteroatoms. The highest BCUT2D eigenvalue weighted by molar-refractivity contribution is 6.35. The first-order valence-electron chi connectivity index (χ1n) is 10.6. The molecule has 1 aliphatic rings. The molecule has 0 aliphatic carbocycles. The number of esters is 1. The zero-order valence-corrected chi connectivity index (χ0v) is 19.5. The number of halogens is 3. The van der Waals surface area contributed by atoms with Gasteiger partial charge in [-0.05, 0) is 37.0 Å². The Hall–Kier alpha value is -2.90.